The summed E-state index contributed by atoms with van der Waals surface area (Å²) in [4.78, 5) is 11.6. The molecular formula is C20H33NO4. The van der Waals surface area contributed by atoms with Gasteiger partial charge in [-0.15, -0.1) is 0 Å². The van der Waals surface area contributed by atoms with E-state index in [9.17, 15) is 9.90 Å². The van der Waals surface area contributed by atoms with Gasteiger partial charge in [-0.1, -0.05) is 27.2 Å². The van der Waals surface area contributed by atoms with E-state index in [0.717, 1.165) is 24.9 Å². The average Bonchev–Trinajstić information content (AvgIpc) is 2.56. The lowest BCUT2D eigenvalue weighted by molar-refractivity contribution is 0.0964. The molecule has 0 fully saturated rings. The molecule has 0 radical (unpaired) electrons. The van der Waals surface area contributed by atoms with Gasteiger partial charge < -0.3 is 19.9 Å². The summed E-state index contributed by atoms with van der Waals surface area (Å²) in [7, 11) is 0. The molecule has 0 saturated carbocycles. The third-order valence-corrected chi connectivity index (χ3v) is 3.73. The number of aliphatic hydroxyl groups excluding tert-OH is 1. The van der Waals surface area contributed by atoms with E-state index in [1.165, 1.54) is 0 Å². The zero-order chi connectivity index (χ0) is 18.7. The van der Waals surface area contributed by atoms with Crippen LogP contribution in [-0.4, -0.2) is 43.3 Å². The van der Waals surface area contributed by atoms with Crippen molar-refractivity contribution in [2.24, 2.45) is 5.92 Å². The number of rotatable bonds is 13. The Morgan fingerprint density at radius 2 is 2.04 bits per heavy atom. The van der Waals surface area contributed by atoms with Crippen LogP contribution in [0.5, 0.6) is 5.75 Å². The van der Waals surface area contributed by atoms with E-state index in [4.69, 9.17) is 9.47 Å². The van der Waals surface area contributed by atoms with Crippen molar-refractivity contribution in [3.63, 3.8) is 0 Å². The lowest BCUT2D eigenvalue weighted by Gasteiger charge is -2.17. The number of hydrogen-bond acceptors (Lipinski definition) is 5. The fourth-order valence-corrected chi connectivity index (χ4v) is 2.26. The zero-order valence-corrected chi connectivity index (χ0v) is 16.0. The summed E-state index contributed by atoms with van der Waals surface area (Å²) < 4.78 is 11.4. The van der Waals surface area contributed by atoms with E-state index < -0.39 is 6.10 Å². The van der Waals surface area contributed by atoms with E-state index >= 15 is 0 Å². The molecule has 0 spiro atoms. The van der Waals surface area contributed by atoms with Crippen LogP contribution in [0.1, 0.15) is 56.5 Å². The summed E-state index contributed by atoms with van der Waals surface area (Å²) >= 11 is 0. The molecule has 0 aliphatic heterocycles. The van der Waals surface area contributed by atoms with Crippen LogP contribution in [0.4, 0.5) is 0 Å². The van der Waals surface area contributed by atoms with Crippen molar-refractivity contribution in [3.05, 3.63) is 29.3 Å². The lowest BCUT2D eigenvalue weighted by atomic mass is 10.1. The van der Waals surface area contributed by atoms with Gasteiger partial charge in [0.25, 0.3) is 0 Å². The predicted molar refractivity (Wildman–Crippen MR) is 100 cm³/mol. The molecule has 0 bridgehead atoms. The molecule has 5 heteroatoms. The van der Waals surface area contributed by atoms with Crippen LogP contribution in [0.15, 0.2) is 18.2 Å². The van der Waals surface area contributed by atoms with Crippen molar-refractivity contribution in [3.8, 4) is 5.75 Å². The molecule has 0 aromatic heterocycles. The van der Waals surface area contributed by atoms with Gasteiger partial charge in [0.2, 0.25) is 0 Å². The molecule has 2 N–H and O–H groups in total. The highest BCUT2D eigenvalue weighted by Gasteiger charge is 2.11. The highest BCUT2D eigenvalue weighted by molar-refractivity contribution is 5.94. The van der Waals surface area contributed by atoms with E-state index in [1.807, 2.05) is 6.07 Å². The quantitative estimate of drug-likeness (QED) is 0.422. The topological polar surface area (TPSA) is 67.8 Å². The van der Waals surface area contributed by atoms with Crippen molar-refractivity contribution < 1.29 is 19.4 Å². The molecule has 0 amide bonds. The second-order valence-corrected chi connectivity index (χ2v) is 6.80. The van der Waals surface area contributed by atoms with Crippen molar-refractivity contribution in [1.29, 1.82) is 0 Å². The zero-order valence-electron chi connectivity index (χ0n) is 16.0. The third kappa shape index (κ3) is 9.00. The number of carbonyl (C=O) groups excluding carboxylic acids is 1. The van der Waals surface area contributed by atoms with Crippen molar-refractivity contribution in [1.82, 2.24) is 5.32 Å². The standard InChI is InChI=1S/C20H33NO4/c1-5-6-9-24-13-18-10-17(16(4)22)7-8-20(18)25-14-19(23)12-21-11-15(2)3/h7-8,10,15,19,21,23H,5-6,9,11-14H2,1-4H3. The summed E-state index contributed by atoms with van der Waals surface area (Å²) in [6.45, 7) is 10.5. The third-order valence-electron chi connectivity index (χ3n) is 3.73. The van der Waals surface area contributed by atoms with Gasteiger partial charge in [0, 0.05) is 24.3 Å². The number of ether oxygens (including phenoxy) is 2. The number of nitrogens with one attached hydrogen (secondary N) is 1. The fourth-order valence-electron chi connectivity index (χ4n) is 2.26. The Kier molecular flexibility index (Phi) is 10.4. The Morgan fingerprint density at radius 1 is 1.28 bits per heavy atom. The summed E-state index contributed by atoms with van der Waals surface area (Å²) in [6.07, 6.45) is 1.50. The Hall–Kier alpha value is -1.43. The highest BCUT2D eigenvalue weighted by Crippen LogP contribution is 2.22. The number of aliphatic hydroxyl groups is 1. The van der Waals surface area contributed by atoms with Crippen LogP contribution in [0.2, 0.25) is 0 Å². The maximum absolute atomic E-state index is 11.6. The van der Waals surface area contributed by atoms with Gasteiger partial charge in [0.15, 0.2) is 5.78 Å². The summed E-state index contributed by atoms with van der Waals surface area (Å²) in [5, 5.41) is 13.2. The molecular weight excluding hydrogens is 318 g/mol. The minimum Gasteiger partial charge on any atom is -0.490 e. The van der Waals surface area contributed by atoms with Crippen LogP contribution >= 0.6 is 0 Å². The summed E-state index contributed by atoms with van der Waals surface area (Å²) in [5.41, 5.74) is 1.48. The Balaban J connectivity index is 2.61. The van der Waals surface area contributed by atoms with Gasteiger partial charge in [-0.3, -0.25) is 4.79 Å². The van der Waals surface area contributed by atoms with Crippen molar-refractivity contribution >= 4 is 5.78 Å². The number of benzene rings is 1. The molecule has 1 atom stereocenters. The van der Waals surface area contributed by atoms with E-state index in [2.05, 4.69) is 26.1 Å². The van der Waals surface area contributed by atoms with Crippen molar-refractivity contribution in [2.75, 3.05) is 26.3 Å². The number of ketones is 1. The maximum Gasteiger partial charge on any atom is 0.159 e. The number of carbonyl (C=O) groups is 1. The number of Topliss-reactive ketones (excluding diaryl/α,β-unsaturated/α-hetero) is 1. The first kappa shape index (κ1) is 21.6. The first-order chi connectivity index (χ1) is 11.9. The lowest BCUT2D eigenvalue weighted by Crippen LogP contribution is -2.33. The van der Waals surface area contributed by atoms with E-state index in [0.29, 0.717) is 37.0 Å². The van der Waals surface area contributed by atoms with Gasteiger partial charge in [-0.2, -0.15) is 0 Å². The van der Waals surface area contributed by atoms with Gasteiger partial charge in [0.05, 0.1) is 6.61 Å². The van der Waals surface area contributed by atoms with Crippen LogP contribution in [0.3, 0.4) is 0 Å². The molecule has 0 aliphatic carbocycles. The molecule has 0 heterocycles. The van der Waals surface area contributed by atoms with Gasteiger partial charge in [-0.05, 0) is 44.0 Å². The van der Waals surface area contributed by atoms with Crippen LogP contribution < -0.4 is 10.1 Å². The summed E-state index contributed by atoms with van der Waals surface area (Å²) in [6, 6.07) is 5.34. The molecule has 1 unspecified atom stereocenters. The highest BCUT2D eigenvalue weighted by atomic mass is 16.5. The van der Waals surface area contributed by atoms with Crippen molar-refractivity contribution in [2.45, 2.75) is 53.2 Å². The molecule has 1 rings (SSSR count). The van der Waals surface area contributed by atoms with Crippen LogP contribution in [0, 0.1) is 5.92 Å². The van der Waals surface area contributed by atoms with Crippen LogP contribution in [0.25, 0.3) is 0 Å². The fraction of sp³-hybridized carbons (Fsp3) is 0.650. The van der Waals surface area contributed by atoms with Gasteiger partial charge in [0.1, 0.15) is 18.5 Å². The van der Waals surface area contributed by atoms with Gasteiger partial charge >= 0.3 is 0 Å². The molecule has 1 aromatic rings. The van der Waals surface area contributed by atoms with Crippen LogP contribution in [-0.2, 0) is 11.3 Å². The second kappa shape index (κ2) is 12.0. The Labute approximate surface area is 151 Å². The monoisotopic (exact) mass is 351 g/mol. The minimum absolute atomic E-state index is 0.0132. The SMILES string of the molecule is CCCCOCc1cc(C(C)=O)ccc1OCC(O)CNCC(C)C. The van der Waals surface area contributed by atoms with Gasteiger partial charge in [-0.25, -0.2) is 0 Å². The minimum atomic E-state index is -0.583. The molecule has 1 aromatic carbocycles. The molecule has 0 saturated heterocycles. The molecule has 0 aliphatic rings. The number of unbranched alkanes of at least 4 members (excludes halogenated alkanes) is 1. The molecule has 142 valence electrons. The Morgan fingerprint density at radius 3 is 2.68 bits per heavy atom. The Bertz CT molecular complexity index is 516. The smallest absolute Gasteiger partial charge is 0.159 e. The second-order valence-electron chi connectivity index (χ2n) is 6.80. The first-order valence-electron chi connectivity index (χ1n) is 9.17. The van der Waals surface area contributed by atoms with E-state index in [-0.39, 0.29) is 12.4 Å². The first-order valence-corrected chi connectivity index (χ1v) is 9.17. The van der Waals surface area contributed by atoms with E-state index in [1.54, 1.807) is 19.1 Å². The molecule has 5 nitrogen and oxygen atoms in total. The largest absolute Gasteiger partial charge is 0.490 e. The summed E-state index contributed by atoms with van der Waals surface area (Å²) in [5.74, 6) is 1.21. The number of hydrogen-bond donors (Lipinski definition) is 2. The molecule has 25 heavy (non-hydrogen) atoms. The normalized spacial score (nSPS) is 12.4. The maximum atomic E-state index is 11.6. The predicted octanol–water partition coefficient (Wildman–Crippen LogP) is 3.19. The average molecular weight is 351 g/mol.